The molecule has 110 valence electrons. The van der Waals surface area contributed by atoms with E-state index < -0.39 is 0 Å². The van der Waals surface area contributed by atoms with Crippen LogP contribution in [0, 0.1) is 6.92 Å². The zero-order valence-corrected chi connectivity index (χ0v) is 13.1. The molecular weight excluding hydrogens is 284 g/mol. The van der Waals surface area contributed by atoms with E-state index in [1.807, 2.05) is 25.2 Å². The molecule has 0 aliphatic heterocycles. The van der Waals surface area contributed by atoms with Crippen LogP contribution in [0.1, 0.15) is 18.4 Å². The number of nitrogens with one attached hydrogen (secondary N) is 1. The molecule has 1 N–H and O–H groups in total. The molecule has 0 amide bonds. The Morgan fingerprint density at radius 3 is 2.71 bits per heavy atom. The molecule has 3 rings (SSSR count). The van der Waals surface area contributed by atoms with Crippen LogP contribution in [0.5, 0.6) is 5.75 Å². The van der Waals surface area contributed by atoms with E-state index in [-0.39, 0.29) is 5.54 Å². The number of pyridine rings is 1. The second-order valence-electron chi connectivity index (χ2n) is 5.64. The molecule has 1 aromatic heterocycles. The molecule has 1 aromatic carbocycles. The van der Waals surface area contributed by atoms with E-state index in [0.717, 1.165) is 29.7 Å². The number of ether oxygens (including phenoxy) is 1. The van der Waals surface area contributed by atoms with Gasteiger partial charge in [-0.1, -0.05) is 35.9 Å². The van der Waals surface area contributed by atoms with E-state index in [4.69, 9.17) is 16.3 Å². The van der Waals surface area contributed by atoms with Crippen molar-refractivity contribution < 1.29 is 4.74 Å². The van der Waals surface area contributed by atoms with Gasteiger partial charge in [0.2, 0.25) is 0 Å². The smallest absolute Gasteiger partial charge is 0.138 e. The predicted octanol–water partition coefficient (Wildman–Crippen LogP) is 3.84. The molecule has 0 saturated heterocycles. The highest BCUT2D eigenvalue weighted by Crippen LogP contribution is 2.36. The van der Waals surface area contributed by atoms with Crippen LogP contribution in [-0.2, 0) is 0 Å². The van der Waals surface area contributed by atoms with Crippen LogP contribution < -0.4 is 10.1 Å². The maximum atomic E-state index is 6.25. The van der Waals surface area contributed by atoms with Gasteiger partial charge in [0.15, 0.2) is 0 Å². The van der Waals surface area contributed by atoms with Gasteiger partial charge in [0, 0.05) is 5.56 Å². The highest BCUT2D eigenvalue weighted by Gasteiger charge is 2.41. The van der Waals surface area contributed by atoms with Crippen molar-refractivity contribution in [1.82, 2.24) is 10.3 Å². The zero-order valence-electron chi connectivity index (χ0n) is 12.3. The van der Waals surface area contributed by atoms with Crippen molar-refractivity contribution in [3.05, 3.63) is 47.2 Å². The molecule has 2 aromatic rings. The number of rotatable bonds is 5. The fourth-order valence-electron chi connectivity index (χ4n) is 2.41. The third-order valence-corrected chi connectivity index (χ3v) is 4.45. The summed E-state index contributed by atoms with van der Waals surface area (Å²) in [7, 11) is 1.98. The van der Waals surface area contributed by atoms with Crippen molar-refractivity contribution in [2.24, 2.45) is 0 Å². The minimum absolute atomic E-state index is 0.155. The molecule has 0 bridgehead atoms. The quantitative estimate of drug-likeness (QED) is 0.852. The molecule has 0 atom stereocenters. The predicted molar refractivity (Wildman–Crippen MR) is 85.9 cm³/mol. The SMILES string of the molecule is CNC1(COc2cnc(Cl)c(-c3ccccc3C)c2)CC1. The average Bonchev–Trinajstić information content (AvgIpc) is 3.28. The Bertz CT molecular complexity index is 653. The van der Waals surface area contributed by atoms with Crippen LogP contribution in [0.15, 0.2) is 36.5 Å². The van der Waals surface area contributed by atoms with Gasteiger partial charge in [-0.15, -0.1) is 0 Å². The first-order chi connectivity index (χ1) is 10.1. The monoisotopic (exact) mass is 302 g/mol. The van der Waals surface area contributed by atoms with Gasteiger partial charge in [0.05, 0.1) is 11.7 Å². The Kier molecular flexibility index (Phi) is 3.87. The molecule has 0 unspecified atom stereocenters. The van der Waals surface area contributed by atoms with E-state index in [0.29, 0.717) is 11.8 Å². The molecule has 1 aliphatic carbocycles. The molecule has 0 spiro atoms. The Labute approximate surface area is 130 Å². The van der Waals surface area contributed by atoms with Crippen LogP contribution in [-0.4, -0.2) is 24.2 Å². The summed E-state index contributed by atoms with van der Waals surface area (Å²) >= 11 is 6.25. The van der Waals surface area contributed by atoms with Gasteiger partial charge < -0.3 is 10.1 Å². The third kappa shape index (κ3) is 3.04. The third-order valence-electron chi connectivity index (χ3n) is 4.15. The molecule has 4 heteroatoms. The summed E-state index contributed by atoms with van der Waals surface area (Å²) < 4.78 is 5.90. The number of aryl methyl sites for hydroxylation is 1. The number of aromatic nitrogens is 1. The van der Waals surface area contributed by atoms with Crippen LogP contribution in [0.2, 0.25) is 5.15 Å². The summed E-state index contributed by atoms with van der Waals surface area (Å²) in [6.07, 6.45) is 4.01. The Balaban J connectivity index is 1.85. The molecule has 3 nitrogen and oxygen atoms in total. The lowest BCUT2D eigenvalue weighted by atomic mass is 10.0. The maximum absolute atomic E-state index is 6.25. The number of halogens is 1. The normalized spacial score (nSPS) is 15.8. The van der Waals surface area contributed by atoms with E-state index in [1.54, 1.807) is 6.20 Å². The van der Waals surface area contributed by atoms with Crippen molar-refractivity contribution in [3.63, 3.8) is 0 Å². The van der Waals surface area contributed by atoms with Gasteiger partial charge in [-0.2, -0.15) is 0 Å². The lowest BCUT2D eigenvalue weighted by Crippen LogP contribution is -2.33. The molecule has 1 aliphatic rings. The van der Waals surface area contributed by atoms with Crippen molar-refractivity contribution in [1.29, 1.82) is 0 Å². The summed E-state index contributed by atoms with van der Waals surface area (Å²) in [6.45, 7) is 2.74. The van der Waals surface area contributed by atoms with E-state index in [2.05, 4.69) is 29.4 Å². The molecule has 1 heterocycles. The van der Waals surface area contributed by atoms with Crippen molar-refractivity contribution in [2.45, 2.75) is 25.3 Å². The lowest BCUT2D eigenvalue weighted by molar-refractivity contribution is 0.259. The Hall–Kier alpha value is -1.58. The number of nitrogens with zero attached hydrogens (tertiary/aromatic N) is 1. The number of hydrogen-bond acceptors (Lipinski definition) is 3. The van der Waals surface area contributed by atoms with Crippen LogP contribution >= 0.6 is 11.6 Å². The highest BCUT2D eigenvalue weighted by atomic mass is 35.5. The van der Waals surface area contributed by atoms with Gasteiger partial charge in [-0.25, -0.2) is 4.98 Å². The van der Waals surface area contributed by atoms with Gasteiger partial charge in [-0.3, -0.25) is 0 Å². The van der Waals surface area contributed by atoms with Crippen molar-refractivity contribution in [3.8, 4) is 16.9 Å². The molecule has 1 fully saturated rings. The number of benzene rings is 1. The Morgan fingerprint density at radius 2 is 2.05 bits per heavy atom. The second-order valence-corrected chi connectivity index (χ2v) is 6.00. The van der Waals surface area contributed by atoms with Gasteiger partial charge in [0.1, 0.15) is 17.5 Å². The lowest BCUT2D eigenvalue weighted by Gasteiger charge is -2.16. The highest BCUT2D eigenvalue weighted by molar-refractivity contribution is 6.32. The molecule has 1 saturated carbocycles. The van der Waals surface area contributed by atoms with Crippen molar-refractivity contribution in [2.75, 3.05) is 13.7 Å². The van der Waals surface area contributed by atoms with E-state index >= 15 is 0 Å². The average molecular weight is 303 g/mol. The largest absolute Gasteiger partial charge is 0.490 e. The fraction of sp³-hybridized carbons (Fsp3) is 0.353. The second kappa shape index (κ2) is 5.66. The first-order valence-electron chi connectivity index (χ1n) is 7.17. The Morgan fingerprint density at radius 1 is 1.29 bits per heavy atom. The topological polar surface area (TPSA) is 34.1 Å². The van der Waals surface area contributed by atoms with E-state index in [1.165, 1.54) is 5.56 Å². The summed E-state index contributed by atoms with van der Waals surface area (Å²) in [6, 6.07) is 10.1. The van der Waals surface area contributed by atoms with Crippen LogP contribution in [0.25, 0.3) is 11.1 Å². The minimum Gasteiger partial charge on any atom is -0.490 e. The molecular formula is C17H19ClN2O. The first kappa shape index (κ1) is 14.4. The minimum atomic E-state index is 0.155. The van der Waals surface area contributed by atoms with Crippen LogP contribution in [0.3, 0.4) is 0 Å². The standard InChI is InChI=1S/C17H19ClN2O/c1-12-5-3-4-6-14(12)15-9-13(10-20-16(15)18)21-11-17(19-2)7-8-17/h3-6,9-10,19H,7-8,11H2,1-2H3. The van der Waals surface area contributed by atoms with E-state index in [9.17, 15) is 0 Å². The summed E-state index contributed by atoms with van der Waals surface area (Å²) in [5.74, 6) is 0.763. The number of hydrogen-bond donors (Lipinski definition) is 1. The van der Waals surface area contributed by atoms with Gasteiger partial charge in [0.25, 0.3) is 0 Å². The van der Waals surface area contributed by atoms with Gasteiger partial charge >= 0.3 is 0 Å². The molecule has 21 heavy (non-hydrogen) atoms. The summed E-state index contributed by atoms with van der Waals surface area (Å²) in [5.41, 5.74) is 3.34. The zero-order chi connectivity index (χ0) is 14.9. The van der Waals surface area contributed by atoms with Crippen molar-refractivity contribution >= 4 is 11.6 Å². The summed E-state index contributed by atoms with van der Waals surface area (Å²) in [5, 5.41) is 3.82. The van der Waals surface area contributed by atoms with Gasteiger partial charge in [-0.05, 0) is 44.0 Å². The molecule has 0 radical (unpaired) electrons. The summed E-state index contributed by atoms with van der Waals surface area (Å²) in [4.78, 5) is 4.26. The number of likely N-dealkylation sites (N-methyl/N-ethyl adjacent to an activating group) is 1. The maximum Gasteiger partial charge on any atom is 0.138 e. The fourth-order valence-corrected chi connectivity index (χ4v) is 2.62. The van der Waals surface area contributed by atoms with Crippen LogP contribution in [0.4, 0.5) is 0 Å². The first-order valence-corrected chi connectivity index (χ1v) is 7.55.